The van der Waals surface area contributed by atoms with Crippen molar-refractivity contribution < 1.29 is 23.4 Å². The van der Waals surface area contributed by atoms with Gasteiger partial charge < -0.3 is 23.5 Å². The highest BCUT2D eigenvalue weighted by atomic mass is 16.6. The summed E-state index contributed by atoms with van der Waals surface area (Å²) in [6, 6.07) is 20.0. The summed E-state index contributed by atoms with van der Waals surface area (Å²) in [5, 5.41) is 18.9. The number of allylic oxidation sites excluding steroid dienone is 1. The van der Waals surface area contributed by atoms with Crippen molar-refractivity contribution in [3.63, 3.8) is 0 Å². The minimum absolute atomic E-state index is 0.0779. The van der Waals surface area contributed by atoms with Crippen molar-refractivity contribution in [3.05, 3.63) is 84.1 Å². The SMILES string of the molecule is COc1cc(/C=C(\C#N)c2nnc(N3CCOCC3)n2-c2ccccc2)ccc1OC(=O)c1ccco1. The Morgan fingerprint density at radius 3 is 2.57 bits per heavy atom. The molecule has 0 saturated carbocycles. The standard InChI is InChI=1S/C27H23N5O5/c1-34-24-17-19(9-10-22(24)37-26(33)23-8-5-13-36-23)16-20(18-28)25-29-30-27(31-11-14-35-15-12-31)32(25)21-6-3-2-4-7-21/h2-10,13,16-17H,11-12,14-15H2,1H3/b20-16+. The lowest BCUT2D eigenvalue weighted by atomic mass is 10.1. The summed E-state index contributed by atoms with van der Waals surface area (Å²) in [7, 11) is 1.47. The predicted octanol–water partition coefficient (Wildman–Crippen LogP) is 3.99. The van der Waals surface area contributed by atoms with Crippen LogP contribution in [0.25, 0.3) is 17.3 Å². The van der Waals surface area contributed by atoms with Crippen molar-refractivity contribution in [2.45, 2.75) is 0 Å². The Morgan fingerprint density at radius 2 is 1.86 bits per heavy atom. The normalized spacial score (nSPS) is 13.7. The van der Waals surface area contributed by atoms with E-state index in [1.165, 1.54) is 19.4 Å². The monoisotopic (exact) mass is 497 g/mol. The number of carbonyl (C=O) groups excluding carboxylic acids is 1. The first-order valence-electron chi connectivity index (χ1n) is 11.6. The zero-order valence-corrected chi connectivity index (χ0v) is 20.0. The number of ether oxygens (including phenoxy) is 3. The summed E-state index contributed by atoms with van der Waals surface area (Å²) in [4.78, 5) is 14.4. The predicted molar refractivity (Wildman–Crippen MR) is 135 cm³/mol. The lowest BCUT2D eigenvalue weighted by Gasteiger charge is -2.28. The van der Waals surface area contributed by atoms with Gasteiger partial charge in [0.25, 0.3) is 0 Å². The molecule has 0 aliphatic carbocycles. The molecule has 1 aliphatic rings. The third-order valence-electron chi connectivity index (χ3n) is 5.74. The van der Waals surface area contributed by atoms with Gasteiger partial charge in [0, 0.05) is 13.1 Å². The molecule has 0 amide bonds. The Kier molecular flexibility index (Phi) is 6.96. The molecule has 186 valence electrons. The highest BCUT2D eigenvalue weighted by molar-refractivity contribution is 5.90. The third kappa shape index (κ3) is 5.07. The Morgan fingerprint density at radius 1 is 1.05 bits per heavy atom. The van der Waals surface area contributed by atoms with Gasteiger partial charge in [-0.2, -0.15) is 5.26 Å². The number of nitrogens with zero attached hydrogens (tertiary/aromatic N) is 5. The van der Waals surface area contributed by atoms with E-state index in [4.69, 9.17) is 18.6 Å². The number of rotatable bonds is 7. The molecule has 37 heavy (non-hydrogen) atoms. The molecule has 2 aromatic carbocycles. The fourth-order valence-electron chi connectivity index (χ4n) is 3.95. The molecule has 2 aromatic heterocycles. The topological polar surface area (TPSA) is 116 Å². The number of methoxy groups -OCH3 is 1. The van der Waals surface area contributed by atoms with E-state index < -0.39 is 5.97 Å². The number of esters is 1. The number of benzene rings is 2. The van der Waals surface area contributed by atoms with Crippen molar-refractivity contribution >= 4 is 23.6 Å². The van der Waals surface area contributed by atoms with E-state index in [0.717, 1.165) is 5.69 Å². The Hall–Kier alpha value is -4.88. The van der Waals surface area contributed by atoms with Crippen molar-refractivity contribution in [2.24, 2.45) is 0 Å². The summed E-state index contributed by atoms with van der Waals surface area (Å²) in [6.07, 6.45) is 3.08. The highest BCUT2D eigenvalue weighted by Crippen LogP contribution is 2.31. The van der Waals surface area contributed by atoms with Gasteiger partial charge in [0.2, 0.25) is 11.7 Å². The number of hydrogen-bond acceptors (Lipinski definition) is 9. The average Bonchev–Trinajstić information content (AvgIpc) is 3.64. The molecule has 4 aromatic rings. The van der Waals surface area contributed by atoms with Crippen LogP contribution < -0.4 is 14.4 Å². The molecule has 0 unspecified atom stereocenters. The fourth-order valence-corrected chi connectivity index (χ4v) is 3.95. The number of morpholine rings is 1. The number of furan rings is 1. The van der Waals surface area contributed by atoms with Crippen LogP contribution in [0.4, 0.5) is 5.95 Å². The van der Waals surface area contributed by atoms with Gasteiger partial charge in [0.15, 0.2) is 17.3 Å². The number of hydrogen-bond donors (Lipinski definition) is 0. The second-order valence-corrected chi connectivity index (χ2v) is 8.04. The zero-order valence-electron chi connectivity index (χ0n) is 20.0. The van der Waals surface area contributed by atoms with Crippen molar-refractivity contribution in [2.75, 3.05) is 38.3 Å². The first-order valence-corrected chi connectivity index (χ1v) is 11.6. The van der Waals surface area contributed by atoms with Crippen LogP contribution in [0, 0.1) is 11.3 Å². The van der Waals surface area contributed by atoms with Crippen LogP contribution in [0.2, 0.25) is 0 Å². The summed E-state index contributed by atoms with van der Waals surface area (Å²) in [6.45, 7) is 2.53. The van der Waals surface area contributed by atoms with E-state index in [1.54, 1.807) is 30.3 Å². The largest absolute Gasteiger partial charge is 0.493 e. The first-order chi connectivity index (χ1) is 18.2. The van der Waals surface area contributed by atoms with E-state index >= 15 is 0 Å². The van der Waals surface area contributed by atoms with Gasteiger partial charge in [0.1, 0.15) is 6.07 Å². The Balaban J connectivity index is 1.51. The molecule has 0 atom stereocenters. The van der Waals surface area contributed by atoms with Crippen LogP contribution in [0.1, 0.15) is 21.9 Å². The number of nitriles is 1. The zero-order chi connectivity index (χ0) is 25.6. The summed E-state index contributed by atoms with van der Waals surface area (Å²) in [5.74, 6) is 1.03. The Labute approximate surface area is 212 Å². The van der Waals surface area contributed by atoms with Crippen molar-refractivity contribution in [3.8, 4) is 23.3 Å². The van der Waals surface area contributed by atoms with Gasteiger partial charge in [-0.05, 0) is 48.0 Å². The van der Waals surface area contributed by atoms with Gasteiger partial charge in [-0.3, -0.25) is 4.57 Å². The molecule has 1 aliphatic heterocycles. The number of carbonyl (C=O) groups is 1. The molecule has 5 rings (SSSR count). The van der Waals surface area contributed by atoms with Crippen LogP contribution in [-0.4, -0.2) is 54.1 Å². The molecule has 0 radical (unpaired) electrons. The molecule has 0 spiro atoms. The number of aromatic nitrogens is 3. The van der Waals surface area contributed by atoms with Gasteiger partial charge in [-0.15, -0.1) is 10.2 Å². The molecule has 10 nitrogen and oxygen atoms in total. The summed E-state index contributed by atoms with van der Waals surface area (Å²) >= 11 is 0. The average molecular weight is 498 g/mol. The Bertz CT molecular complexity index is 1450. The molecule has 1 fully saturated rings. The highest BCUT2D eigenvalue weighted by Gasteiger charge is 2.23. The minimum atomic E-state index is -0.643. The van der Waals surface area contributed by atoms with Gasteiger partial charge >= 0.3 is 5.97 Å². The van der Waals surface area contributed by atoms with E-state index in [-0.39, 0.29) is 11.5 Å². The number of anilines is 1. The van der Waals surface area contributed by atoms with Gasteiger partial charge in [0.05, 0.1) is 37.8 Å². The molecular weight excluding hydrogens is 474 g/mol. The lowest BCUT2D eigenvalue weighted by Crippen LogP contribution is -2.38. The molecular formula is C27H23N5O5. The lowest BCUT2D eigenvalue weighted by molar-refractivity contribution is 0.0696. The van der Waals surface area contributed by atoms with Crippen LogP contribution in [0.15, 0.2) is 71.3 Å². The quantitative estimate of drug-likeness (QED) is 0.212. The number of para-hydroxylation sites is 1. The maximum atomic E-state index is 12.3. The van der Waals surface area contributed by atoms with E-state index in [9.17, 15) is 10.1 Å². The molecule has 0 N–H and O–H groups in total. The molecule has 1 saturated heterocycles. The van der Waals surface area contributed by atoms with Crippen LogP contribution in [-0.2, 0) is 4.74 Å². The van der Waals surface area contributed by atoms with Gasteiger partial charge in [-0.1, -0.05) is 24.3 Å². The molecule has 10 heteroatoms. The van der Waals surface area contributed by atoms with Crippen LogP contribution in [0.3, 0.4) is 0 Å². The fraction of sp³-hybridized carbons (Fsp3) is 0.185. The summed E-state index contributed by atoms with van der Waals surface area (Å²) in [5.41, 5.74) is 1.79. The second kappa shape index (κ2) is 10.8. The van der Waals surface area contributed by atoms with E-state index in [2.05, 4.69) is 21.2 Å². The maximum Gasteiger partial charge on any atom is 0.379 e. The van der Waals surface area contributed by atoms with Crippen LogP contribution in [0.5, 0.6) is 11.5 Å². The van der Waals surface area contributed by atoms with Crippen LogP contribution >= 0.6 is 0 Å². The minimum Gasteiger partial charge on any atom is -0.493 e. The van der Waals surface area contributed by atoms with Crippen molar-refractivity contribution in [1.82, 2.24) is 14.8 Å². The van der Waals surface area contributed by atoms with E-state index in [1.807, 2.05) is 34.9 Å². The maximum absolute atomic E-state index is 12.3. The second-order valence-electron chi connectivity index (χ2n) is 8.04. The molecule has 3 heterocycles. The van der Waals surface area contributed by atoms with E-state index in [0.29, 0.717) is 55.0 Å². The first kappa shape index (κ1) is 23.8. The van der Waals surface area contributed by atoms with Gasteiger partial charge in [-0.25, -0.2) is 4.79 Å². The molecule has 0 bridgehead atoms. The third-order valence-corrected chi connectivity index (χ3v) is 5.74. The summed E-state index contributed by atoms with van der Waals surface area (Å²) < 4.78 is 23.3. The smallest absolute Gasteiger partial charge is 0.379 e. The van der Waals surface area contributed by atoms with Crippen molar-refractivity contribution in [1.29, 1.82) is 5.26 Å².